The number of hydrogen-bond acceptors (Lipinski definition) is 9. The van der Waals surface area contributed by atoms with Crippen LogP contribution in [-0.4, -0.2) is 35.3 Å². The smallest absolute Gasteiger partial charge is 0.315 e. The maximum Gasteiger partial charge on any atom is 0.315 e. The third-order valence-corrected chi connectivity index (χ3v) is 4.14. The molecule has 3 rings (SSSR count). The number of rotatable bonds is 7. The summed E-state index contributed by atoms with van der Waals surface area (Å²) < 4.78 is 10.2. The number of anilines is 1. The van der Waals surface area contributed by atoms with Gasteiger partial charge in [-0.2, -0.15) is 10.4 Å². The van der Waals surface area contributed by atoms with E-state index in [9.17, 15) is 20.2 Å². The lowest BCUT2D eigenvalue weighted by molar-refractivity contribution is -0.385. The quantitative estimate of drug-likeness (QED) is 0.336. The van der Waals surface area contributed by atoms with E-state index in [1.165, 1.54) is 32.6 Å². The Morgan fingerprint density at radius 3 is 2.61 bits per heavy atom. The maximum atomic E-state index is 12.3. The Labute approximate surface area is 175 Å². The molecular weight excluding hydrogens is 404 g/mol. The second-order valence-corrected chi connectivity index (χ2v) is 6.02. The van der Waals surface area contributed by atoms with Gasteiger partial charge < -0.3 is 9.47 Å². The summed E-state index contributed by atoms with van der Waals surface area (Å²) >= 11 is 0. The van der Waals surface area contributed by atoms with Gasteiger partial charge in [-0.1, -0.05) is 30.3 Å². The minimum Gasteiger partial charge on any atom is -0.493 e. The van der Waals surface area contributed by atoms with Crippen molar-refractivity contribution in [3.63, 3.8) is 0 Å². The number of hydrazone groups is 1. The number of aromatic nitrogens is 2. The summed E-state index contributed by atoms with van der Waals surface area (Å²) in [5.41, 5.74) is 2.65. The van der Waals surface area contributed by atoms with Crippen molar-refractivity contribution in [2.45, 2.75) is 0 Å². The number of nitriles is 1. The highest BCUT2D eigenvalue weighted by Crippen LogP contribution is 2.37. The SMILES string of the molecule is COc1cc(C=NNc2nc(-c3ccccc3)c(C#N)c(=O)[nH]2)cc([N+](=O)[O-])c1OC. The Balaban J connectivity index is 1.94. The molecule has 0 saturated heterocycles. The highest BCUT2D eigenvalue weighted by Gasteiger charge is 2.21. The third-order valence-electron chi connectivity index (χ3n) is 4.14. The standard InChI is InChI=1S/C20H16N6O5/c1-30-16-9-12(8-15(26(28)29)18(16)31-2)11-22-25-20-23-17(13-6-4-3-5-7-13)14(10-21)19(27)24-20/h3-9,11H,1-2H3,(H2,23,24,25,27). The van der Waals surface area contributed by atoms with Crippen LogP contribution in [0.3, 0.4) is 0 Å². The number of hydrogen-bond donors (Lipinski definition) is 2. The Kier molecular flexibility index (Phi) is 6.22. The summed E-state index contributed by atoms with van der Waals surface area (Å²) in [5, 5.41) is 24.6. The lowest BCUT2D eigenvalue weighted by Crippen LogP contribution is -2.16. The highest BCUT2D eigenvalue weighted by molar-refractivity contribution is 5.83. The van der Waals surface area contributed by atoms with Crippen molar-refractivity contribution in [1.29, 1.82) is 5.26 Å². The fraction of sp³-hybridized carbons (Fsp3) is 0.100. The van der Waals surface area contributed by atoms with Crippen molar-refractivity contribution in [3.05, 3.63) is 74.1 Å². The van der Waals surface area contributed by atoms with Crippen LogP contribution < -0.4 is 20.5 Å². The molecule has 11 heteroatoms. The molecule has 0 radical (unpaired) electrons. The Morgan fingerprint density at radius 1 is 1.26 bits per heavy atom. The van der Waals surface area contributed by atoms with E-state index in [4.69, 9.17) is 9.47 Å². The van der Waals surface area contributed by atoms with E-state index >= 15 is 0 Å². The summed E-state index contributed by atoms with van der Waals surface area (Å²) in [7, 11) is 2.66. The molecule has 0 unspecified atom stereocenters. The van der Waals surface area contributed by atoms with E-state index in [0.717, 1.165) is 0 Å². The molecule has 11 nitrogen and oxygen atoms in total. The maximum absolute atomic E-state index is 12.3. The van der Waals surface area contributed by atoms with Gasteiger partial charge in [0.25, 0.3) is 5.56 Å². The van der Waals surface area contributed by atoms with Gasteiger partial charge in [-0.25, -0.2) is 10.4 Å². The summed E-state index contributed by atoms with van der Waals surface area (Å²) in [6.45, 7) is 0. The summed E-state index contributed by atoms with van der Waals surface area (Å²) in [6, 6.07) is 13.4. The van der Waals surface area contributed by atoms with E-state index in [2.05, 4.69) is 20.5 Å². The van der Waals surface area contributed by atoms with Crippen LogP contribution in [0.15, 0.2) is 52.4 Å². The number of ether oxygens (including phenoxy) is 2. The van der Waals surface area contributed by atoms with Crippen molar-refractivity contribution >= 4 is 17.9 Å². The Hall–Kier alpha value is -4.72. The Morgan fingerprint density at radius 2 is 2.00 bits per heavy atom. The zero-order valence-corrected chi connectivity index (χ0v) is 16.4. The van der Waals surface area contributed by atoms with Crippen LogP contribution in [0.2, 0.25) is 0 Å². The normalized spacial score (nSPS) is 10.5. The van der Waals surface area contributed by atoms with Gasteiger partial charge in [0.2, 0.25) is 11.7 Å². The van der Waals surface area contributed by atoms with Crippen LogP contribution in [0.25, 0.3) is 11.3 Å². The molecule has 0 aliphatic carbocycles. The van der Waals surface area contributed by atoms with Crippen molar-refractivity contribution < 1.29 is 14.4 Å². The summed E-state index contributed by atoms with van der Waals surface area (Å²) in [4.78, 5) is 29.6. The largest absolute Gasteiger partial charge is 0.493 e. The van der Waals surface area contributed by atoms with Crippen LogP contribution in [-0.2, 0) is 0 Å². The molecule has 31 heavy (non-hydrogen) atoms. The summed E-state index contributed by atoms with van der Waals surface area (Å²) in [6.07, 6.45) is 1.29. The van der Waals surface area contributed by atoms with E-state index in [0.29, 0.717) is 11.1 Å². The van der Waals surface area contributed by atoms with Gasteiger partial charge >= 0.3 is 5.69 Å². The van der Waals surface area contributed by atoms with E-state index in [-0.39, 0.29) is 34.4 Å². The van der Waals surface area contributed by atoms with Crippen LogP contribution in [0.1, 0.15) is 11.1 Å². The second-order valence-electron chi connectivity index (χ2n) is 6.02. The van der Waals surface area contributed by atoms with Crippen molar-refractivity contribution in [2.75, 3.05) is 19.6 Å². The van der Waals surface area contributed by atoms with E-state index in [1.807, 2.05) is 6.07 Å². The molecule has 1 heterocycles. The van der Waals surface area contributed by atoms with Gasteiger partial charge in [0.15, 0.2) is 5.75 Å². The number of H-pyrrole nitrogens is 1. The molecule has 0 bridgehead atoms. The second kappa shape index (κ2) is 9.19. The van der Waals surface area contributed by atoms with Crippen molar-refractivity contribution in [2.24, 2.45) is 5.10 Å². The molecule has 156 valence electrons. The average molecular weight is 420 g/mol. The molecule has 0 spiro atoms. The first-order chi connectivity index (χ1) is 15.0. The molecule has 0 aliphatic heterocycles. The third kappa shape index (κ3) is 4.48. The molecule has 0 atom stereocenters. The predicted molar refractivity (Wildman–Crippen MR) is 112 cm³/mol. The molecule has 0 amide bonds. The number of nitrogens with zero attached hydrogens (tertiary/aromatic N) is 4. The first-order valence-electron chi connectivity index (χ1n) is 8.77. The van der Waals surface area contributed by atoms with Crippen molar-refractivity contribution in [1.82, 2.24) is 9.97 Å². The zero-order chi connectivity index (χ0) is 22.4. The lowest BCUT2D eigenvalue weighted by Gasteiger charge is -2.09. The first kappa shape index (κ1) is 21.0. The topological polar surface area (TPSA) is 156 Å². The number of methoxy groups -OCH3 is 2. The first-order valence-corrected chi connectivity index (χ1v) is 8.77. The number of nitro groups is 1. The van der Waals surface area contributed by atoms with Gasteiger partial charge in [-0.05, 0) is 6.07 Å². The Bertz CT molecular complexity index is 1250. The van der Waals surface area contributed by atoms with Crippen molar-refractivity contribution in [3.8, 4) is 28.8 Å². The molecule has 2 N–H and O–H groups in total. The lowest BCUT2D eigenvalue weighted by atomic mass is 10.1. The molecule has 3 aromatic rings. The minimum atomic E-state index is -0.629. The zero-order valence-electron chi connectivity index (χ0n) is 16.4. The predicted octanol–water partition coefficient (Wildman–Crippen LogP) is 2.68. The molecule has 0 saturated carbocycles. The van der Waals surface area contributed by atoms with Gasteiger partial charge in [-0.3, -0.25) is 19.9 Å². The number of benzene rings is 2. The van der Waals surface area contributed by atoms with E-state index in [1.54, 1.807) is 30.3 Å². The molecule has 0 aliphatic rings. The van der Waals surface area contributed by atoms with Crippen LogP contribution in [0.5, 0.6) is 11.5 Å². The molecule has 0 fully saturated rings. The molecular formula is C20H16N6O5. The highest BCUT2D eigenvalue weighted by atomic mass is 16.6. The van der Waals surface area contributed by atoms with Gasteiger partial charge in [0.05, 0.1) is 31.1 Å². The fourth-order valence-electron chi connectivity index (χ4n) is 2.78. The van der Waals surface area contributed by atoms with Crippen LogP contribution in [0.4, 0.5) is 11.6 Å². The van der Waals surface area contributed by atoms with E-state index < -0.39 is 10.5 Å². The molecule has 2 aromatic carbocycles. The molecule has 1 aromatic heterocycles. The fourth-order valence-corrected chi connectivity index (χ4v) is 2.78. The minimum absolute atomic E-state index is 0.00548. The van der Waals surface area contributed by atoms with Crippen LogP contribution >= 0.6 is 0 Å². The monoisotopic (exact) mass is 420 g/mol. The van der Waals surface area contributed by atoms with Gasteiger partial charge in [0, 0.05) is 17.2 Å². The number of nitrogens with one attached hydrogen (secondary N) is 2. The average Bonchev–Trinajstić information content (AvgIpc) is 2.78. The van der Waals surface area contributed by atoms with Gasteiger partial charge in [0.1, 0.15) is 11.6 Å². The number of nitro benzene ring substituents is 1. The number of aromatic amines is 1. The van der Waals surface area contributed by atoms with Crippen LogP contribution in [0, 0.1) is 21.4 Å². The van der Waals surface area contributed by atoms with Gasteiger partial charge in [-0.15, -0.1) is 0 Å². The summed E-state index contributed by atoms with van der Waals surface area (Å²) in [5.74, 6) is 0.145.